The molecule has 2 aromatic rings. The molecule has 0 aliphatic carbocycles. The Balaban J connectivity index is 1.47. The highest BCUT2D eigenvalue weighted by Gasteiger charge is 2.18. The molecule has 24 heavy (non-hydrogen) atoms. The van der Waals surface area contributed by atoms with Crippen LogP contribution in [0, 0.1) is 0 Å². The van der Waals surface area contributed by atoms with Crippen molar-refractivity contribution >= 4 is 11.6 Å². The first-order chi connectivity index (χ1) is 11.7. The van der Waals surface area contributed by atoms with E-state index in [1.807, 2.05) is 0 Å². The van der Waals surface area contributed by atoms with Crippen LogP contribution >= 0.6 is 0 Å². The highest BCUT2D eigenvalue weighted by molar-refractivity contribution is 5.90. The lowest BCUT2D eigenvalue weighted by molar-refractivity contribution is -0.117. The summed E-state index contributed by atoms with van der Waals surface area (Å²) in [6.07, 6.45) is 2.79. The summed E-state index contributed by atoms with van der Waals surface area (Å²) in [4.78, 5) is 24.5. The fourth-order valence-electron chi connectivity index (χ4n) is 3.01. The number of aryl methyl sites for hydroxylation is 1. The summed E-state index contributed by atoms with van der Waals surface area (Å²) in [7, 11) is 0. The Morgan fingerprint density at radius 2 is 2.04 bits per heavy atom. The average molecular weight is 330 g/mol. The number of nitrogens with one attached hydrogen (secondary N) is 1. The summed E-state index contributed by atoms with van der Waals surface area (Å²) < 4.78 is 13.8. The maximum Gasteiger partial charge on any atom is 0.346 e. The number of fused-ring (bicyclic) bond motifs is 2. The maximum atomic E-state index is 12.2. The van der Waals surface area contributed by atoms with Crippen LogP contribution in [-0.2, 0) is 24.3 Å². The van der Waals surface area contributed by atoms with Gasteiger partial charge in [-0.15, -0.1) is 0 Å². The van der Waals surface area contributed by atoms with Gasteiger partial charge in [-0.2, -0.15) is 5.10 Å². The molecule has 0 spiro atoms. The summed E-state index contributed by atoms with van der Waals surface area (Å²) in [6.45, 7) is 1.58. The molecule has 8 heteroatoms. The van der Waals surface area contributed by atoms with Crippen LogP contribution in [0.1, 0.15) is 18.7 Å². The Kier molecular flexibility index (Phi) is 3.72. The van der Waals surface area contributed by atoms with Crippen molar-refractivity contribution in [1.29, 1.82) is 0 Å². The van der Waals surface area contributed by atoms with E-state index in [2.05, 4.69) is 10.4 Å². The van der Waals surface area contributed by atoms with Gasteiger partial charge >= 0.3 is 5.69 Å². The predicted molar refractivity (Wildman–Crippen MR) is 85.5 cm³/mol. The third kappa shape index (κ3) is 2.75. The lowest BCUT2D eigenvalue weighted by Gasteiger charge is -2.18. The lowest BCUT2D eigenvalue weighted by atomic mass is 10.2. The second-order valence-corrected chi connectivity index (χ2v) is 5.87. The van der Waals surface area contributed by atoms with Gasteiger partial charge in [0.2, 0.25) is 5.91 Å². The van der Waals surface area contributed by atoms with Crippen molar-refractivity contribution in [2.24, 2.45) is 0 Å². The van der Waals surface area contributed by atoms with Gasteiger partial charge in [0, 0.05) is 24.7 Å². The molecule has 1 N–H and O–H groups in total. The van der Waals surface area contributed by atoms with Gasteiger partial charge in [0.15, 0.2) is 11.5 Å². The van der Waals surface area contributed by atoms with Crippen LogP contribution in [0.25, 0.3) is 0 Å². The van der Waals surface area contributed by atoms with E-state index in [9.17, 15) is 9.59 Å². The largest absolute Gasteiger partial charge is 0.486 e. The third-order valence-corrected chi connectivity index (χ3v) is 4.15. The quantitative estimate of drug-likeness (QED) is 0.899. The highest BCUT2D eigenvalue weighted by atomic mass is 16.6. The van der Waals surface area contributed by atoms with Crippen molar-refractivity contribution in [2.75, 3.05) is 18.5 Å². The molecule has 0 unspecified atom stereocenters. The third-order valence-electron chi connectivity index (χ3n) is 4.15. The summed E-state index contributed by atoms with van der Waals surface area (Å²) in [5.74, 6) is 1.73. The number of hydrogen-bond acceptors (Lipinski definition) is 5. The number of ether oxygens (including phenoxy) is 2. The summed E-state index contributed by atoms with van der Waals surface area (Å²) in [5.41, 5.74) is 0.378. The molecule has 2 aliphatic rings. The van der Waals surface area contributed by atoms with Gasteiger partial charge in [-0.25, -0.2) is 9.48 Å². The highest BCUT2D eigenvalue weighted by Crippen LogP contribution is 2.32. The Hall–Kier alpha value is -2.77. The first-order valence-corrected chi connectivity index (χ1v) is 8.07. The normalized spacial score (nSPS) is 15.7. The van der Waals surface area contributed by atoms with E-state index in [-0.39, 0.29) is 18.1 Å². The Morgan fingerprint density at radius 1 is 1.21 bits per heavy atom. The number of amides is 1. The molecular weight excluding hydrogens is 312 g/mol. The monoisotopic (exact) mass is 330 g/mol. The maximum absolute atomic E-state index is 12.2. The van der Waals surface area contributed by atoms with Gasteiger partial charge in [0.25, 0.3) is 0 Å². The van der Waals surface area contributed by atoms with Crippen molar-refractivity contribution in [3.05, 3.63) is 34.5 Å². The second kappa shape index (κ2) is 6.03. The van der Waals surface area contributed by atoms with Crippen LogP contribution in [0.2, 0.25) is 0 Å². The fourth-order valence-corrected chi connectivity index (χ4v) is 3.01. The van der Waals surface area contributed by atoms with Crippen LogP contribution in [0.4, 0.5) is 5.69 Å². The van der Waals surface area contributed by atoms with Gasteiger partial charge in [-0.3, -0.25) is 9.36 Å². The molecular formula is C16H18N4O4. The van der Waals surface area contributed by atoms with E-state index in [0.717, 1.165) is 25.1 Å². The smallest absolute Gasteiger partial charge is 0.346 e. The molecule has 1 amide bonds. The molecule has 0 fully saturated rings. The lowest BCUT2D eigenvalue weighted by Crippen LogP contribution is -2.30. The number of nitrogens with zero attached hydrogens (tertiary/aromatic N) is 3. The molecule has 2 aliphatic heterocycles. The number of benzene rings is 1. The molecule has 3 heterocycles. The minimum Gasteiger partial charge on any atom is -0.486 e. The van der Waals surface area contributed by atoms with Crippen LogP contribution in [-0.4, -0.2) is 33.5 Å². The van der Waals surface area contributed by atoms with Gasteiger partial charge < -0.3 is 14.8 Å². The second-order valence-electron chi connectivity index (χ2n) is 5.87. The first kappa shape index (κ1) is 14.8. The van der Waals surface area contributed by atoms with E-state index in [0.29, 0.717) is 36.9 Å². The molecule has 1 aromatic carbocycles. The molecule has 0 saturated heterocycles. The molecule has 126 valence electrons. The van der Waals surface area contributed by atoms with Crippen molar-refractivity contribution in [1.82, 2.24) is 14.3 Å². The molecule has 0 bridgehead atoms. The van der Waals surface area contributed by atoms with Gasteiger partial charge in [0.1, 0.15) is 25.6 Å². The topological polar surface area (TPSA) is 87.4 Å². The van der Waals surface area contributed by atoms with Gasteiger partial charge in [0.05, 0.1) is 0 Å². The van der Waals surface area contributed by atoms with E-state index < -0.39 is 0 Å². The molecule has 0 atom stereocenters. The first-order valence-electron chi connectivity index (χ1n) is 8.07. The van der Waals surface area contributed by atoms with Crippen molar-refractivity contribution in [3.63, 3.8) is 0 Å². The summed E-state index contributed by atoms with van der Waals surface area (Å²) >= 11 is 0. The predicted octanol–water partition coefficient (Wildman–Crippen LogP) is 0.791. The number of carbonyl (C=O) groups is 1. The van der Waals surface area contributed by atoms with Crippen molar-refractivity contribution in [2.45, 2.75) is 32.4 Å². The van der Waals surface area contributed by atoms with E-state index in [4.69, 9.17) is 9.47 Å². The molecule has 4 rings (SSSR count). The van der Waals surface area contributed by atoms with Gasteiger partial charge in [-0.1, -0.05) is 0 Å². The minimum atomic E-state index is -0.302. The zero-order chi connectivity index (χ0) is 16.5. The summed E-state index contributed by atoms with van der Waals surface area (Å²) in [6, 6.07) is 5.21. The number of hydrogen-bond donors (Lipinski definition) is 1. The Morgan fingerprint density at radius 3 is 2.88 bits per heavy atom. The minimum absolute atomic E-state index is 0.104. The number of rotatable bonds is 3. The molecule has 8 nitrogen and oxygen atoms in total. The standard InChI is InChI=1S/C16H18N4O4/c21-15(10-20-16(22)19-6-2-1-3-14(19)18-20)17-11-4-5-12-13(9-11)24-8-7-23-12/h4-5,9H,1-3,6-8,10H2,(H,17,21). The van der Waals surface area contributed by atoms with Gasteiger partial charge in [-0.05, 0) is 25.0 Å². The number of anilines is 1. The average Bonchev–Trinajstić information content (AvgIpc) is 2.91. The van der Waals surface area contributed by atoms with Crippen molar-refractivity contribution in [3.8, 4) is 11.5 Å². The molecule has 1 aromatic heterocycles. The van der Waals surface area contributed by atoms with Crippen molar-refractivity contribution < 1.29 is 14.3 Å². The Bertz CT molecular complexity index is 839. The van der Waals surface area contributed by atoms with E-state index in [1.54, 1.807) is 22.8 Å². The van der Waals surface area contributed by atoms with Crippen LogP contribution in [0.3, 0.4) is 0 Å². The number of aromatic nitrogens is 3. The number of carbonyl (C=O) groups excluding carboxylic acids is 1. The summed E-state index contributed by atoms with van der Waals surface area (Å²) in [5, 5.41) is 7.03. The molecule has 0 saturated carbocycles. The van der Waals surface area contributed by atoms with Crippen LogP contribution in [0.15, 0.2) is 23.0 Å². The zero-order valence-electron chi connectivity index (χ0n) is 13.2. The van der Waals surface area contributed by atoms with E-state index in [1.165, 1.54) is 4.68 Å². The van der Waals surface area contributed by atoms with Crippen LogP contribution < -0.4 is 20.5 Å². The van der Waals surface area contributed by atoms with E-state index >= 15 is 0 Å². The SMILES string of the molecule is O=C(Cn1nc2n(c1=O)CCCC2)Nc1ccc2c(c1)OCCO2. The Labute approximate surface area is 138 Å². The van der Waals surface area contributed by atoms with Crippen LogP contribution in [0.5, 0.6) is 11.5 Å². The molecule has 0 radical (unpaired) electrons. The fraction of sp³-hybridized carbons (Fsp3) is 0.438. The zero-order valence-corrected chi connectivity index (χ0v) is 13.2.